The van der Waals surface area contributed by atoms with Crippen molar-refractivity contribution in [3.8, 4) is 11.5 Å². The quantitative estimate of drug-likeness (QED) is 0.334. The molecule has 7 nitrogen and oxygen atoms in total. The molecule has 1 heterocycles. The predicted molar refractivity (Wildman–Crippen MR) is 122 cm³/mol. The molecule has 170 valence electrons. The number of phenolic OH excluding ortho intramolecular Hbond substituents is 1. The third-order valence-corrected chi connectivity index (χ3v) is 7.16. The third-order valence-electron chi connectivity index (χ3n) is 5.60. The van der Waals surface area contributed by atoms with Gasteiger partial charge in [-0.15, -0.1) is 5.11 Å². The maximum atomic E-state index is 13.3. The lowest BCUT2D eigenvalue weighted by molar-refractivity contribution is 0.0859. The molecule has 2 unspecified atom stereocenters. The van der Waals surface area contributed by atoms with Gasteiger partial charge in [-0.25, -0.2) is 4.57 Å². The Balaban J connectivity index is 2.11. The molecule has 0 saturated carbocycles. The molecule has 0 fully saturated rings. The van der Waals surface area contributed by atoms with E-state index in [1.54, 1.807) is 0 Å². The average molecular weight is 449 g/mol. The molecule has 0 aromatic heterocycles. The van der Waals surface area contributed by atoms with Gasteiger partial charge in [-0.2, -0.15) is 0 Å². The molecule has 1 aliphatic rings. The van der Waals surface area contributed by atoms with E-state index in [1.165, 1.54) is 0 Å². The van der Waals surface area contributed by atoms with Crippen LogP contribution < -0.4 is 4.74 Å². The van der Waals surface area contributed by atoms with Crippen molar-refractivity contribution < 1.29 is 23.5 Å². The molecule has 1 N–H and O–H groups in total. The Kier molecular flexibility index (Phi) is 7.09. The van der Waals surface area contributed by atoms with Crippen LogP contribution in [0.25, 0.3) is 10.8 Å². The van der Waals surface area contributed by atoms with Crippen molar-refractivity contribution >= 4 is 24.2 Å². The first-order valence-electron chi connectivity index (χ1n) is 10.9. The van der Waals surface area contributed by atoms with Gasteiger partial charge in [-0.3, -0.25) is 9.05 Å². The zero-order valence-electron chi connectivity index (χ0n) is 19.2. The minimum Gasteiger partial charge on any atom is -0.505 e. The third kappa shape index (κ3) is 5.28. The minimum absolute atomic E-state index is 0.00780. The van der Waals surface area contributed by atoms with Crippen molar-refractivity contribution in [2.24, 2.45) is 10.00 Å². The van der Waals surface area contributed by atoms with Crippen molar-refractivity contribution in [3.05, 3.63) is 29.8 Å². The summed E-state index contributed by atoms with van der Waals surface area (Å²) in [6.45, 7) is 11.5. The maximum Gasteiger partial charge on any atom is 0.472 e. The Bertz CT molecular complexity index is 1000. The molecule has 3 rings (SSSR count). The smallest absolute Gasteiger partial charge is 0.472 e. The lowest BCUT2D eigenvalue weighted by atomic mass is 9.90. The SMILES string of the molecule is CCC(C)OP(=O)(N=Nc1c(O)c2c(c3ccccc13)OC(C)(C)CC2)OC(C)CC. The molecule has 0 amide bonds. The van der Waals surface area contributed by atoms with Crippen LogP contribution in [0.1, 0.15) is 66.4 Å². The van der Waals surface area contributed by atoms with Crippen molar-refractivity contribution in [2.75, 3.05) is 0 Å². The van der Waals surface area contributed by atoms with Gasteiger partial charge in [0.2, 0.25) is 0 Å². The van der Waals surface area contributed by atoms with Gasteiger partial charge in [0.25, 0.3) is 0 Å². The second-order valence-electron chi connectivity index (χ2n) is 8.72. The van der Waals surface area contributed by atoms with E-state index >= 15 is 0 Å². The van der Waals surface area contributed by atoms with Crippen LogP contribution in [0.4, 0.5) is 5.69 Å². The summed E-state index contributed by atoms with van der Waals surface area (Å²) in [6, 6.07) is 7.53. The molecule has 2 aromatic carbocycles. The van der Waals surface area contributed by atoms with Crippen LogP contribution in [-0.4, -0.2) is 22.9 Å². The largest absolute Gasteiger partial charge is 0.505 e. The molecule has 0 radical (unpaired) electrons. The van der Waals surface area contributed by atoms with Gasteiger partial charge in [0, 0.05) is 16.3 Å². The van der Waals surface area contributed by atoms with Crippen molar-refractivity contribution in [1.29, 1.82) is 0 Å². The fraction of sp³-hybridized carbons (Fsp3) is 0.565. The number of hydrogen-bond donors (Lipinski definition) is 1. The molecular weight excluding hydrogens is 415 g/mol. The van der Waals surface area contributed by atoms with E-state index in [1.807, 2.05) is 65.8 Å². The van der Waals surface area contributed by atoms with E-state index in [0.29, 0.717) is 36.0 Å². The molecule has 2 aromatic rings. The van der Waals surface area contributed by atoms with Crippen LogP contribution in [0.5, 0.6) is 11.5 Å². The molecule has 0 bridgehead atoms. The summed E-state index contributed by atoms with van der Waals surface area (Å²) in [5.74, 6) is 0.657. The van der Waals surface area contributed by atoms with Gasteiger partial charge in [-0.1, -0.05) is 43.0 Å². The second kappa shape index (κ2) is 9.27. The van der Waals surface area contributed by atoms with E-state index in [-0.39, 0.29) is 29.2 Å². The average Bonchev–Trinajstić information content (AvgIpc) is 2.72. The standard InChI is InChI=1S/C23H33N2O5P/c1-7-15(3)29-31(27,30-16(4)8-2)25-24-20-17-11-9-10-12-18(17)22-19(21(20)26)13-14-23(5,6)28-22/h9-12,15-16,26H,7-8,13-14H2,1-6H3. The summed E-state index contributed by atoms with van der Waals surface area (Å²) in [5, 5.41) is 16.8. The lowest BCUT2D eigenvalue weighted by Crippen LogP contribution is -2.32. The first-order chi connectivity index (χ1) is 14.6. The number of nitrogens with zero attached hydrogens (tertiary/aromatic N) is 2. The fourth-order valence-electron chi connectivity index (χ4n) is 3.40. The Morgan fingerprint density at radius 1 is 1.13 bits per heavy atom. The number of rotatable bonds is 8. The van der Waals surface area contributed by atoms with E-state index in [0.717, 1.165) is 11.8 Å². The van der Waals surface area contributed by atoms with Crippen LogP contribution in [0.15, 0.2) is 34.3 Å². The number of fused-ring (bicyclic) bond motifs is 3. The summed E-state index contributed by atoms with van der Waals surface area (Å²) < 4.78 is 30.8. The highest BCUT2D eigenvalue weighted by molar-refractivity contribution is 7.52. The molecular formula is C23H33N2O5P. The highest BCUT2D eigenvalue weighted by Gasteiger charge is 2.33. The first kappa shape index (κ1) is 23.7. The van der Waals surface area contributed by atoms with Gasteiger partial charge in [0.1, 0.15) is 17.0 Å². The number of hydrogen-bond acceptors (Lipinski definition) is 6. The molecule has 0 aliphatic carbocycles. The molecule has 0 saturated heterocycles. The van der Waals surface area contributed by atoms with Gasteiger partial charge < -0.3 is 9.84 Å². The van der Waals surface area contributed by atoms with Crippen LogP contribution in [0.2, 0.25) is 0 Å². The summed E-state index contributed by atoms with van der Waals surface area (Å²) in [6.07, 6.45) is 2.10. The first-order valence-corrected chi connectivity index (χ1v) is 12.4. The summed E-state index contributed by atoms with van der Waals surface area (Å²) in [5.41, 5.74) is 0.612. The Morgan fingerprint density at radius 3 is 2.29 bits per heavy atom. The van der Waals surface area contributed by atoms with Gasteiger partial charge >= 0.3 is 7.75 Å². The van der Waals surface area contributed by atoms with Crippen molar-refractivity contribution in [3.63, 3.8) is 0 Å². The number of ether oxygens (including phenoxy) is 1. The molecule has 8 heteroatoms. The van der Waals surface area contributed by atoms with Gasteiger partial charge in [-0.05, 0) is 53.4 Å². The normalized spacial score (nSPS) is 19.5. The molecule has 0 spiro atoms. The van der Waals surface area contributed by atoms with Gasteiger partial charge in [0.05, 0.1) is 12.2 Å². The van der Waals surface area contributed by atoms with Gasteiger partial charge in [0.15, 0.2) is 5.75 Å². The van der Waals surface area contributed by atoms with Crippen LogP contribution in [0.3, 0.4) is 0 Å². The van der Waals surface area contributed by atoms with Crippen molar-refractivity contribution in [1.82, 2.24) is 0 Å². The van der Waals surface area contributed by atoms with Crippen LogP contribution in [0, 0.1) is 0 Å². The Labute approximate surface area is 184 Å². The summed E-state index contributed by atoms with van der Waals surface area (Å²) in [7, 11) is -3.86. The molecule has 1 aliphatic heterocycles. The zero-order valence-corrected chi connectivity index (χ0v) is 20.1. The number of aromatic hydroxyl groups is 1. The predicted octanol–water partition coefficient (Wildman–Crippen LogP) is 7.47. The molecule has 2 atom stereocenters. The number of benzene rings is 2. The highest BCUT2D eigenvalue weighted by atomic mass is 31.2. The Morgan fingerprint density at radius 2 is 1.71 bits per heavy atom. The maximum absolute atomic E-state index is 13.3. The van der Waals surface area contributed by atoms with Crippen molar-refractivity contribution in [2.45, 2.75) is 85.0 Å². The lowest BCUT2D eigenvalue weighted by Gasteiger charge is -2.34. The monoisotopic (exact) mass is 448 g/mol. The summed E-state index contributed by atoms with van der Waals surface area (Å²) in [4.78, 5) is 4.03. The van der Waals surface area contributed by atoms with Crippen LogP contribution in [-0.2, 0) is 20.0 Å². The highest BCUT2D eigenvalue weighted by Crippen LogP contribution is 2.55. The number of phenols is 1. The van der Waals surface area contributed by atoms with E-state index < -0.39 is 7.75 Å². The van der Waals surface area contributed by atoms with E-state index in [4.69, 9.17) is 13.8 Å². The molecule has 31 heavy (non-hydrogen) atoms. The van der Waals surface area contributed by atoms with E-state index in [2.05, 4.69) is 10.00 Å². The summed E-state index contributed by atoms with van der Waals surface area (Å²) >= 11 is 0. The van der Waals surface area contributed by atoms with E-state index in [9.17, 15) is 9.67 Å². The topological polar surface area (TPSA) is 89.7 Å². The zero-order chi connectivity index (χ0) is 22.8. The second-order valence-corrected chi connectivity index (χ2v) is 10.3. The minimum atomic E-state index is -3.86. The van der Waals surface area contributed by atoms with Crippen LogP contribution >= 0.6 is 7.75 Å². The fourth-order valence-corrected chi connectivity index (χ4v) is 4.94. The Hall–Kier alpha value is -1.95.